The number of nitrogens with zero attached hydrogens (tertiary/aromatic N) is 2. The van der Waals surface area contributed by atoms with Crippen LogP contribution in [0.4, 0.5) is 0 Å². The third-order valence-electron chi connectivity index (χ3n) is 2.37. The number of fused-ring (bicyclic) bond motifs is 1. The van der Waals surface area contributed by atoms with E-state index in [1.54, 1.807) is 6.20 Å². The average Bonchev–Trinajstić information content (AvgIpc) is 2.81. The van der Waals surface area contributed by atoms with E-state index < -0.39 is 0 Å². The van der Waals surface area contributed by atoms with Crippen LogP contribution < -0.4 is 5.55 Å². The van der Waals surface area contributed by atoms with Crippen molar-refractivity contribution in [2.75, 3.05) is 0 Å². The first-order valence-electron chi connectivity index (χ1n) is 4.78. The number of hydrogen-bond acceptors (Lipinski definition) is 4. The Morgan fingerprint density at radius 1 is 1.25 bits per heavy atom. The van der Waals surface area contributed by atoms with E-state index in [1.165, 1.54) is 0 Å². The highest BCUT2D eigenvalue weighted by Crippen LogP contribution is 2.17. The van der Waals surface area contributed by atoms with Crippen LogP contribution in [0.2, 0.25) is 0 Å². The van der Waals surface area contributed by atoms with Crippen molar-refractivity contribution >= 4 is 11.0 Å². The van der Waals surface area contributed by atoms with Gasteiger partial charge in [-0.1, -0.05) is 18.2 Å². The Balaban J connectivity index is 2.34. The molecule has 0 bridgehead atoms. The van der Waals surface area contributed by atoms with Crippen molar-refractivity contribution in [3.63, 3.8) is 0 Å². The number of hydrogen-bond donors (Lipinski definition) is 2. The summed E-state index contributed by atoms with van der Waals surface area (Å²) < 4.78 is 5.40. The van der Waals surface area contributed by atoms with E-state index in [4.69, 9.17) is 9.83 Å². The summed E-state index contributed by atoms with van der Waals surface area (Å²) in [4.78, 5) is 0. The Kier molecular flexibility index (Phi) is 1.83. The average molecular weight is 212 g/mol. The fourth-order valence-electron chi connectivity index (χ4n) is 1.60. The standard InChI is InChI=1S/C11H8N4O/c12-11-8(9-6-13-15-14-9)5-7-3-1-2-4-10(7)16-11/h1-6,12H,(H,13,14,15). The number of aromatic amines is 1. The van der Waals surface area contributed by atoms with Crippen molar-refractivity contribution < 1.29 is 4.42 Å². The minimum absolute atomic E-state index is 0.0904. The highest BCUT2D eigenvalue weighted by Gasteiger charge is 2.06. The maximum absolute atomic E-state index is 7.78. The molecule has 0 amide bonds. The van der Waals surface area contributed by atoms with Crippen molar-refractivity contribution in [1.29, 1.82) is 5.41 Å². The number of nitrogens with one attached hydrogen (secondary N) is 2. The van der Waals surface area contributed by atoms with E-state index in [-0.39, 0.29) is 5.55 Å². The summed E-state index contributed by atoms with van der Waals surface area (Å²) in [6.07, 6.45) is 1.57. The molecule has 0 radical (unpaired) electrons. The summed E-state index contributed by atoms with van der Waals surface area (Å²) in [6.45, 7) is 0. The minimum atomic E-state index is 0.0904. The van der Waals surface area contributed by atoms with Crippen LogP contribution >= 0.6 is 0 Å². The highest BCUT2D eigenvalue weighted by atomic mass is 16.3. The molecule has 0 aliphatic heterocycles. The lowest BCUT2D eigenvalue weighted by molar-refractivity contribution is 0.535. The Hall–Kier alpha value is -2.43. The van der Waals surface area contributed by atoms with Gasteiger partial charge < -0.3 is 4.42 Å². The van der Waals surface area contributed by atoms with Crippen molar-refractivity contribution in [3.8, 4) is 11.3 Å². The molecule has 2 heterocycles. The second-order valence-corrected chi connectivity index (χ2v) is 3.38. The monoisotopic (exact) mass is 212 g/mol. The molecule has 2 N–H and O–H groups in total. The molecule has 0 aliphatic rings. The van der Waals surface area contributed by atoms with Crippen molar-refractivity contribution in [2.45, 2.75) is 0 Å². The number of rotatable bonds is 1. The molecule has 0 atom stereocenters. The molecule has 5 heteroatoms. The number of para-hydroxylation sites is 1. The molecule has 0 saturated heterocycles. The molecule has 0 spiro atoms. The lowest BCUT2D eigenvalue weighted by Crippen LogP contribution is -2.03. The smallest absolute Gasteiger partial charge is 0.221 e. The molecule has 3 aromatic rings. The largest absolute Gasteiger partial charge is 0.438 e. The van der Waals surface area contributed by atoms with Gasteiger partial charge in [0.2, 0.25) is 5.55 Å². The molecular weight excluding hydrogens is 204 g/mol. The molecule has 16 heavy (non-hydrogen) atoms. The zero-order chi connectivity index (χ0) is 11.0. The van der Waals surface area contributed by atoms with Crippen LogP contribution in [0.1, 0.15) is 0 Å². The number of aromatic nitrogens is 3. The predicted octanol–water partition coefficient (Wildman–Crippen LogP) is 1.70. The third kappa shape index (κ3) is 1.30. The second kappa shape index (κ2) is 3.30. The predicted molar refractivity (Wildman–Crippen MR) is 57.4 cm³/mol. The first kappa shape index (κ1) is 8.84. The van der Waals surface area contributed by atoms with E-state index in [2.05, 4.69) is 15.4 Å². The Morgan fingerprint density at radius 2 is 2.12 bits per heavy atom. The van der Waals surface area contributed by atoms with E-state index in [9.17, 15) is 0 Å². The second-order valence-electron chi connectivity index (χ2n) is 3.38. The Bertz CT molecular complexity index is 685. The molecule has 0 saturated carbocycles. The molecule has 0 fully saturated rings. The van der Waals surface area contributed by atoms with Gasteiger partial charge in [-0.05, 0) is 12.1 Å². The van der Waals surface area contributed by atoms with E-state index in [1.807, 2.05) is 30.3 Å². The van der Waals surface area contributed by atoms with Gasteiger partial charge in [-0.25, -0.2) is 0 Å². The molecule has 5 nitrogen and oxygen atoms in total. The van der Waals surface area contributed by atoms with Crippen molar-refractivity contribution in [1.82, 2.24) is 15.4 Å². The maximum Gasteiger partial charge on any atom is 0.221 e. The maximum atomic E-state index is 7.78. The van der Waals surface area contributed by atoms with Gasteiger partial charge in [-0.15, -0.1) is 0 Å². The van der Waals surface area contributed by atoms with Crippen LogP contribution in [-0.4, -0.2) is 15.4 Å². The number of benzene rings is 1. The summed E-state index contributed by atoms with van der Waals surface area (Å²) in [5.74, 6) is 0. The SMILES string of the molecule is N=c1oc2ccccc2cc1-c1cn[nH]n1. The fraction of sp³-hybridized carbons (Fsp3) is 0. The van der Waals surface area contributed by atoms with Gasteiger partial charge in [0.1, 0.15) is 11.3 Å². The van der Waals surface area contributed by atoms with Crippen LogP contribution in [0.3, 0.4) is 0 Å². The molecular formula is C11H8N4O. The Labute approximate surface area is 90.2 Å². The van der Waals surface area contributed by atoms with E-state index in [0.717, 1.165) is 5.39 Å². The zero-order valence-corrected chi connectivity index (χ0v) is 8.27. The fourth-order valence-corrected chi connectivity index (χ4v) is 1.60. The lowest BCUT2D eigenvalue weighted by Gasteiger charge is -1.99. The van der Waals surface area contributed by atoms with Gasteiger partial charge in [0.05, 0.1) is 11.8 Å². The molecule has 1 aromatic carbocycles. The molecule has 78 valence electrons. The third-order valence-corrected chi connectivity index (χ3v) is 2.37. The zero-order valence-electron chi connectivity index (χ0n) is 8.27. The minimum Gasteiger partial charge on any atom is -0.438 e. The van der Waals surface area contributed by atoms with Gasteiger partial charge in [-0.3, -0.25) is 5.41 Å². The normalized spacial score (nSPS) is 10.8. The van der Waals surface area contributed by atoms with Crippen LogP contribution in [0.25, 0.3) is 22.2 Å². The quantitative estimate of drug-likeness (QED) is 0.644. The van der Waals surface area contributed by atoms with Gasteiger partial charge in [0.25, 0.3) is 0 Å². The first-order valence-corrected chi connectivity index (χ1v) is 4.78. The molecule has 3 rings (SSSR count). The lowest BCUT2D eigenvalue weighted by atomic mass is 10.1. The summed E-state index contributed by atoms with van der Waals surface area (Å²) in [5, 5.41) is 18.9. The van der Waals surface area contributed by atoms with Gasteiger partial charge in [-0.2, -0.15) is 15.4 Å². The summed E-state index contributed by atoms with van der Waals surface area (Å²) in [5.41, 5.74) is 2.03. The molecule has 0 unspecified atom stereocenters. The van der Waals surface area contributed by atoms with Crippen molar-refractivity contribution in [2.24, 2.45) is 0 Å². The first-order chi connectivity index (χ1) is 7.84. The number of H-pyrrole nitrogens is 1. The summed E-state index contributed by atoms with van der Waals surface area (Å²) in [6, 6.07) is 9.44. The molecule has 2 aromatic heterocycles. The van der Waals surface area contributed by atoms with Crippen LogP contribution in [0.15, 0.2) is 40.9 Å². The van der Waals surface area contributed by atoms with Crippen LogP contribution in [0.5, 0.6) is 0 Å². The molecule has 0 aliphatic carbocycles. The Morgan fingerprint density at radius 3 is 2.94 bits per heavy atom. The van der Waals surface area contributed by atoms with Crippen LogP contribution in [0, 0.1) is 5.41 Å². The summed E-state index contributed by atoms with van der Waals surface area (Å²) >= 11 is 0. The van der Waals surface area contributed by atoms with Crippen molar-refractivity contribution in [3.05, 3.63) is 42.1 Å². The van der Waals surface area contributed by atoms with Gasteiger partial charge in [0.15, 0.2) is 0 Å². The van der Waals surface area contributed by atoms with Gasteiger partial charge >= 0.3 is 0 Å². The van der Waals surface area contributed by atoms with E-state index >= 15 is 0 Å². The topological polar surface area (TPSA) is 78.6 Å². The highest BCUT2D eigenvalue weighted by molar-refractivity contribution is 5.80. The van der Waals surface area contributed by atoms with Crippen LogP contribution in [-0.2, 0) is 0 Å². The van der Waals surface area contributed by atoms with Gasteiger partial charge in [0, 0.05) is 5.39 Å². The summed E-state index contributed by atoms with van der Waals surface area (Å²) in [7, 11) is 0. The van der Waals surface area contributed by atoms with E-state index in [0.29, 0.717) is 16.8 Å².